The summed E-state index contributed by atoms with van der Waals surface area (Å²) in [6, 6.07) is 20.0. The van der Waals surface area contributed by atoms with Crippen LogP contribution in [0.1, 0.15) is 15.9 Å². The highest BCUT2D eigenvalue weighted by Crippen LogP contribution is 2.59. The predicted molar refractivity (Wildman–Crippen MR) is 119 cm³/mol. The highest BCUT2D eigenvalue weighted by atomic mass is 79.9. The molecule has 3 rings (SSSR count). The summed E-state index contributed by atoms with van der Waals surface area (Å²) in [5, 5.41) is 0. The average Bonchev–Trinajstić information content (AvgIpc) is 2.96. The molecule has 0 saturated heterocycles. The highest BCUT2D eigenvalue weighted by molar-refractivity contribution is 9.65. The van der Waals surface area contributed by atoms with Crippen LogP contribution in [0.3, 0.4) is 0 Å². The zero-order valence-corrected chi connectivity index (χ0v) is 17.8. The van der Waals surface area contributed by atoms with Gasteiger partial charge < -0.3 is 0 Å². The Labute approximate surface area is 164 Å². The lowest BCUT2D eigenvalue weighted by atomic mass is 10.1. The second-order valence-corrected chi connectivity index (χ2v) is 13.4. The summed E-state index contributed by atoms with van der Waals surface area (Å²) in [6.07, 6.45) is 2.11. The monoisotopic (exact) mass is 454 g/mol. The van der Waals surface area contributed by atoms with Crippen LogP contribution in [0, 0.1) is 0 Å². The van der Waals surface area contributed by atoms with Crippen molar-refractivity contribution in [3.05, 3.63) is 76.0 Å². The van der Waals surface area contributed by atoms with Crippen molar-refractivity contribution in [3.63, 3.8) is 0 Å². The molecular formula is C18H15BrOS4. The number of ketones is 1. The summed E-state index contributed by atoms with van der Waals surface area (Å²) in [7, 11) is 1.76. The van der Waals surface area contributed by atoms with E-state index in [2.05, 4.69) is 45.3 Å². The zero-order valence-electron chi connectivity index (χ0n) is 12.9. The van der Waals surface area contributed by atoms with E-state index in [0.717, 1.165) is 5.56 Å². The van der Waals surface area contributed by atoms with E-state index in [1.54, 1.807) is 23.5 Å². The lowest BCUT2D eigenvalue weighted by Gasteiger charge is -2.10. The summed E-state index contributed by atoms with van der Waals surface area (Å²) in [6.45, 7) is 0. The van der Waals surface area contributed by atoms with Gasteiger partial charge in [-0.2, -0.15) is 0 Å². The number of carbonyl (C=O) groups is 1. The Kier molecular flexibility index (Phi) is 6.75. The molecule has 0 fully saturated rings. The van der Waals surface area contributed by atoms with Crippen molar-refractivity contribution >= 4 is 72.6 Å². The molecule has 2 aromatic carbocycles. The first-order valence-electron chi connectivity index (χ1n) is 7.21. The van der Waals surface area contributed by atoms with E-state index in [1.807, 2.05) is 47.2 Å². The molecule has 0 amide bonds. The van der Waals surface area contributed by atoms with Gasteiger partial charge in [-0.1, -0.05) is 60.7 Å². The fraction of sp³-hybridized carbons (Fsp3) is 0.111. The number of benzene rings is 2. The Morgan fingerprint density at radius 1 is 1.08 bits per heavy atom. The van der Waals surface area contributed by atoms with E-state index in [0.29, 0.717) is 5.75 Å². The van der Waals surface area contributed by atoms with Gasteiger partial charge in [-0.3, -0.25) is 4.79 Å². The first-order valence-corrected chi connectivity index (χ1v) is 13.8. The maximum Gasteiger partial charge on any atom is 0.173 e. The second kappa shape index (κ2) is 8.81. The molecule has 6 heteroatoms. The van der Waals surface area contributed by atoms with Crippen molar-refractivity contribution in [2.45, 2.75) is 0 Å². The highest BCUT2D eigenvalue weighted by Gasteiger charge is 2.26. The SMILES string of the molecule is CSC1=C(c2ccccc2)C(SCC(=O)c2ccccc2)=S(Br)S1. The molecule has 0 spiro atoms. The minimum absolute atomic E-state index is 0.0823. The lowest BCUT2D eigenvalue weighted by Crippen LogP contribution is -2.05. The van der Waals surface area contributed by atoms with Crippen molar-refractivity contribution in [1.29, 1.82) is 0 Å². The molecule has 1 aliphatic heterocycles. The Hall–Kier alpha value is -0.400. The van der Waals surface area contributed by atoms with Gasteiger partial charge in [-0.25, -0.2) is 0 Å². The minimum atomic E-state index is -0.0823. The number of hydrogen-bond acceptors (Lipinski definition) is 4. The molecule has 124 valence electrons. The largest absolute Gasteiger partial charge is 0.293 e. The summed E-state index contributed by atoms with van der Waals surface area (Å²) < 4.78 is 2.58. The summed E-state index contributed by atoms with van der Waals surface area (Å²) in [5.41, 5.74) is 3.28. The Morgan fingerprint density at radius 2 is 1.71 bits per heavy atom. The van der Waals surface area contributed by atoms with Crippen LogP contribution in [0.25, 0.3) is 5.57 Å². The van der Waals surface area contributed by atoms with E-state index in [9.17, 15) is 4.79 Å². The fourth-order valence-corrected chi connectivity index (χ4v) is 11.8. The van der Waals surface area contributed by atoms with Gasteiger partial charge >= 0.3 is 0 Å². The summed E-state index contributed by atoms with van der Waals surface area (Å²) in [5.74, 6) is 0.639. The molecule has 2 aromatic rings. The van der Waals surface area contributed by atoms with E-state index >= 15 is 0 Å². The van der Waals surface area contributed by atoms with Gasteiger partial charge in [0, 0.05) is 11.1 Å². The standard InChI is InChI=1S/C18H15BrOS4/c1-21-17-16(14-10-6-3-7-11-14)18(24(19)23-17)22-12-15(20)13-8-4-2-5-9-13/h2-11H,12H2,1H3. The molecule has 1 heterocycles. The van der Waals surface area contributed by atoms with Gasteiger partial charge in [0.1, 0.15) is 0 Å². The van der Waals surface area contributed by atoms with Crippen LogP contribution >= 0.6 is 57.1 Å². The molecule has 0 aromatic heterocycles. The molecule has 1 unspecified atom stereocenters. The smallest absolute Gasteiger partial charge is 0.173 e. The Morgan fingerprint density at radius 3 is 2.33 bits per heavy atom. The Bertz CT molecular complexity index is 800. The molecule has 0 N–H and O–H groups in total. The maximum absolute atomic E-state index is 12.4. The lowest BCUT2D eigenvalue weighted by molar-refractivity contribution is 0.102. The third kappa shape index (κ3) is 4.22. The molecule has 24 heavy (non-hydrogen) atoms. The second-order valence-electron chi connectivity index (χ2n) is 4.90. The predicted octanol–water partition coefficient (Wildman–Crippen LogP) is 6.70. The van der Waals surface area contributed by atoms with Crippen LogP contribution in [-0.2, 0) is 0 Å². The van der Waals surface area contributed by atoms with Crippen molar-refractivity contribution in [1.82, 2.24) is 0 Å². The molecule has 0 radical (unpaired) electrons. The van der Waals surface area contributed by atoms with Crippen LogP contribution in [-0.4, -0.2) is 22.0 Å². The van der Waals surface area contributed by atoms with E-state index in [-0.39, 0.29) is 13.7 Å². The number of halogens is 1. The summed E-state index contributed by atoms with van der Waals surface area (Å²) in [4.78, 5) is 12.4. The number of hydrogen-bond donors (Lipinski definition) is 0. The van der Waals surface area contributed by atoms with Gasteiger partial charge in [0.2, 0.25) is 0 Å². The first-order chi connectivity index (χ1) is 11.7. The molecule has 0 aliphatic carbocycles. The molecule has 1 aliphatic rings. The first kappa shape index (κ1) is 18.4. The zero-order chi connectivity index (χ0) is 16.9. The number of thioether (sulfide) groups is 2. The topological polar surface area (TPSA) is 17.1 Å². The normalized spacial score (nSPS) is 17.4. The Balaban J connectivity index is 1.82. The van der Waals surface area contributed by atoms with Crippen LogP contribution in [0.15, 0.2) is 64.9 Å². The van der Waals surface area contributed by atoms with E-state index in [1.165, 1.54) is 19.6 Å². The number of Topliss-reactive ketones (excluding diaryl/α,β-unsaturated/α-hetero) is 1. The average molecular weight is 455 g/mol. The molecule has 1 nitrogen and oxygen atoms in total. The van der Waals surface area contributed by atoms with Crippen LogP contribution in [0.4, 0.5) is 0 Å². The van der Waals surface area contributed by atoms with Gasteiger partial charge in [0.05, 0.1) is 14.2 Å². The quantitative estimate of drug-likeness (QED) is 0.283. The van der Waals surface area contributed by atoms with Crippen molar-refractivity contribution in [2.75, 3.05) is 12.0 Å². The van der Waals surface area contributed by atoms with Crippen molar-refractivity contribution in [2.24, 2.45) is 0 Å². The van der Waals surface area contributed by atoms with E-state index in [4.69, 9.17) is 0 Å². The van der Waals surface area contributed by atoms with Gasteiger partial charge in [0.15, 0.2) is 5.78 Å². The third-order valence-corrected chi connectivity index (χ3v) is 12.3. The van der Waals surface area contributed by atoms with Crippen molar-refractivity contribution in [3.8, 4) is 0 Å². The maximum atomic E-state index is 12.4. The minimum Gasteiger partial charge on any atom is -0.293 e. The van der Waals surface area contributed by atoms with Crippen LogP contribution in [0.5, 0.6) is 0 Å². The molecule has 1 atom stereocenters. The van der Waals surface area contributed by atoms with Crippen molar-refractivity contribution < 1.29 is 4.79 Å². The number of carbonyl (C=O) groups excluding carboxylic acids is 1. The molecule has 0 saturated carbocycles. The van der Waals surface area contributed by atoms with Crippen LogP contribution in [0.2, 0.25) is 0 Å². The molecule has 0 bridgehead atoms. The van der Waals surface area contributed by atoms with E-state index < -0.39 is 0 Å². The van der Waals surface area contributed by atoms with Gasteiger partial charge in [0.25, 0.3) is 0 Å². The number of rotatable bonds is 5. The fourth-order valence-electron chi connectivity index (χ4n) is 2.24. The summed E-state index contributed by atoms with van der Waals surface area (Å²) >= 11 is 7.23. The third-order valence-electron chi connectivity index (χ3n) is 3.38. The van der Waals surface area contributed by atoms with Gasteiger partial charge in [-0.05, 0) is 45.4 Å². The van der Waals surface area contributed by atoms with Crippen LogP contribution < -0.4 is 0 Å². The molecular weight excluding hydrogens is 440 g/mol. The van der Waals surface area contributed by atoms with Gasteiger partial charge in [-0.15, -0.1) is 23.5 Å².